The van der Waals surface area contributed by atoms with Crippen LogP contribution < -0.4 is 5.32 Å². The number of benzene rings is 1. The quantitative estimate of drug-likeness (QED) is 0.927. The number of sulfone groups is 1. The summed E-state index contributed by atoms with van der Waals surface area (Å²) in [6.45, 7) is 0.227. The van der Waals surface area contributed by atoms with Crippen molar-refractivity contribution in [2.45, 2.75) is 55.3 Å². The topological polar surface area (TPSA) is 72.5 Å². The molecule has 0 spiro atoms. The molecule has 2 saturated heterocycles. The molecule has 2 aliphatic rings. The van der Waals surface area contributed by atoms with Crippen molar-refractivity contribution in [3.05, 3.63) is 35.9 Å². The Morgan fingerprint density at radius 2 is 1.77 bits per heavy atom. The minimum absolute atomic E-state index is 0.0953. The van der Waals surface area contributed by atoms with Crippen LogP contribution in [-0.4, -0.2) is 31.1 Å². The van der Waals surface area contributed by atoms with E-state index in [1.54, 1.807) is 0 Å². The van der Waals surface area contributed by atoms with Crippen molar-refractivity contribution in [2.24, 2.45) is 0 Å². The first-order valence-electron chi connectivity index (χ1n) is 7.75. The second-order valence-electron chi connectivity index (χ2n) is 6.14. The highest BCUT2D eigenvalue weighted by atomic mass is 32.2. The minimum Gasteiger partial charge on any atom is -0.445 e. The zero-order valence-corrected chi connectivity index (χ0v) is 13.2. The first-order chi connectivity index (χ1) is 10.6. The number of carbonyl (C=O) groups is 1. The third-order valence-corrected chi connectivity index (χ3v) is 7.33. The summed E-state index contributed by atoms with van der Waals surface area (Å²) in [7, 11) is -2.98. The van der Waals surface area contributed by atoms with E-state index in [0.29, 0.717) is 12.8 Å². The highest BCUT2D eigenvalue weighted by molar-refractivity contribution is 7.92. The molecule has 2 aliphatic heterocycles. The molecule has 1 aromatic rings. The van der Waals surface area contributed by atoms with E-state index in [9.17, 15) is 13.2 Å². The number of alkyl carbamates (subject to hydrolysis) is 1. The first-order valence-corrected chi connectivity index (χ1v) is 9.36. The van der Waals surface area contributed by atoms with E-state index in [4.69, 9.17) is 4.74 Å². The lowest BCUT2D eigenvalue weighted by atomic mass is 9.95. The maximum Gasteiger partial charge on any atom is 0.407 e. The first kappa shape index (κ1) is 15.3. The molecule has 0 saturated carbocycles. The van der Waals surface area contributed by atoms with Gasteiger partial charge in [0.1, 0.15) is 6.61 Å². The molecule has 2 atom stereocenters. The van der Waals surface area contributed by atoms with Crippen molar-refractivity contribution in [1.29, 1.82) is 0 Å². The SMILES string of the molecule is O=C(NC1CC2CCCC(C1)S2(=O)=O)OCc1ccccc1. The fourth-order valence-corrected chi connectivity index (χ4v) is 5.99. The van der Waals surface area contributed by atoms with Gasteiger partial charge < -0.3 is 10.1 Å². The summed E-state index contributed by atoms with van der Waals surface area (Å²) < 4.78 is 29.6. The van der Waals surface area contributed by atoms with E-state index in [-0.39, 0.29) is 23.1 Å². The Morgan fingerprint density at radius 1 is 1.14 bits per heavy atom. The van der Waals surface area contributed by atoms with Crippen LogP contribution >= 0.6 is 0 Å². The fraction of sp³-hybridized carbons (Fsp3) is 0.562. The van der Waals surface area contributed by atoms with Crippen LogP contribution in [0, 0.1) is 0 Å². The number of carbonyl (C=O) groups excluding carboxylic acids is 1. The third kappa shape index (κ3) is 3.27. The van der Waals surface area contributed by atoms with Crippen LogP contribution in [0.25, 0.3) is 0 Å². The number of rotatable bonds is 3. The van der Waals surface area contributed by atoms with Gasteiger partial charge in [0, 0.05) is 6.04 Å². The van der Waals surface area contributed by atoms with Gasteiger partial charge >= 0.3 is 6.09 Å². The largest absolute Gasteiger partial charge is 0.445 e. The summed E-state index contributed by atoms with van der Waals surface area (Å²) in [5.41, 5.74) is 0.931. The second-order valence-corrected chi connectivity index (χ2v) is 8.65. The average molecular weight is 323 g/mol. The number of hydrogen-bond donors (Lipinski definition) is 1. The van der Waals surface area contributed by atoms with Crippen LogP contribution in [0.1, 0.15) is 37.7 Å². The molecule has 1 aromatic carbocycles. The molecule has 0 radical (unpaired) electrons. The van der Waals surface area contributed by atoms with Crippen molar-refractivity contribution >= 4 is 15.9 Å². The molecule has 1 amide bonds. The van der Waals surface area contributed by atoms with Gasteiger partial charge in [0.2, 0.25) is 0 Å². The highest BCUT2D eigenvalue weighted by Crippen LogP contribution is 2.36. The highest BCUT2D eigenvalue weighted by Gasteiger charge is 2.44. The number of amides is 1. The van der Waals surface area contributed by atoms with Crippen LogP contribution in [0.3, 0.4) is 0 Å². The summed E-state index contributed by atoms with van der Waals surface area (Å²) >= 11 is 0. The van der Waals surface area contributed by atoms with Gasteiger partial charge in [0.15, 0.2) is 9.84 Å². The van der Waals surface area contributed by atoms with Crippen molar-refractivity contribution in [1.82, 2.24) is 5.32 Å². The molecule has 6 heteroatoms. The summed E-state index contributed by atoms with van der Waals surface area (Å²) in [6, 6.07) is 9.38. The van der Waals surface area contributed by atoms with Crippen LogP contribution in [0.15, 0.2) is 30.3 Å². The number of ether oxygens (including phenoxy) is 1. The summed E-state index contributed by atoms with van der Waals surface area (Å²) in [4.78, 5) is 11.9. The minimum atomic E-state index is -2.98. The van der Waals surface area contributed by atoms with Crippen molar-refractivity contribution in [3.63, 3.8) is 0 Å². The Hall–Kier alpha value is -1.56. The van der Waals surface area contributed by atoms with Gasteiger partial charge in [-0.1, -0.05) is 36.8 Å². The molecule has 22 heavy (non-hydrogen) atoms. The van der Waals surface area contributed by atoms with E-state index < -0.39 is 15.9 Å². The van der Waals surface area contributed by atoms with E-state index in [1.165, 1.54) is 0 Å². The van der Waals surface area contributed by atoms with Gasteiger partial charge in [0.05, 0.1) is 10.5 Å². The Balaban J connectivity index is 1.52. The van der Waals surface area contributed by atoms with Gasteiger partial charge in [0.25, 0.3) is 0 Å². The third-order valence-electron chi connectivity index (χ3n) is 4.61. The van der Waals surface area contributed by atoms with Gasteiger partial charge in [-0.2, -0.15) is 0 Å². The van der Waals surface area contributed by atoms with Crippen LogP contribution in [0.5, 0.6) is 0 Å². The molecule has 5 nitrogen and oxygen atoms in total. The number of hydrogen-bond acceptors (Lipinski definition) is 4. The molecule has 120 valence electrons. The van der Waals surface area contributed by atoms with Crippen molar-refractivity contribution in [2.75, 3.05) is 0 Å². The smallest absolute Gasteiger partial charge is 0.407 e. The maximum atomic E-state index is 12.2. The average Bonchev–Trinajstić information content (AvgIpc) is 2.47. The molecule has 1 N–H and O–H groups in total. The van der Waals surface area contributed by atoms with Gasteiger partial charge in [-0.25, -0.2) is 13.2 Å². The summed E-state index contributed by atoms with van der Waals surface area (Å²) in [5, 5.41) is 2.25. The van der Waals surface area contributed by atoms with Crippen LogP contribution in [0.2, 0.25) is 0 Å². The molecule has 2 unspecified atom stereocenters. The van der Waals surface area contributed by atoms with Crippen molar-refractivity contribution < 1.29 is 17.9 Å². The molecule has 3 rings (SSSR count). The summed E-state index contributed by atoms with van der Waals surface area (Å²) in [5.74, 6) is 0. The molecule has 2 bridgehead atoms. The molecule has 0 aliphatic carbocycles. The van der Waals surface area contributed by atoms with Crippen molar-refractivity contribution in [3.8, 4) is 0 Å². The Morgan fingerprint density at radius 3 is 2.41 bits per heavy atom. The normalized spacial score (nSPS) is 29.5. The van der Waals surface area contributed by atoms with E-state index in [2.05, 4.69) is 5.32 Å². The Kier molecular flexibility index (Phi) is 4.38. The monoisotopic (exact) mass is 323 g/mol. The second kappa shape index (κ2) is 6.28. The predicted octanol–water partition coefficient (Wildman–Crippen LogP) is 2.41. The van der Waals surface area contributed by atoms with Gasteiger partial charge in [-0.15, -0.1) is 0 Å². The Bertz CT molecular complexity index is 609. The zero-order chi connectivity index (χ0) is 15.6. The number of nitrogens with one attached hydrogen (secondary N) is 1. The van der Waals surface area contributed by atoms with E-state index >= 15 is 0 Å². The molecular weight excluding hydrogens is 302 g/mol. The lowest BCUT2D eigenvalue weighted by molar-refractivity contribution is 0.133. The number of fused-ring (bicyclic) bond motifs is 2. The lowest BCUT2D eigenvalue weighted by Crippen LogP contribution is -2.51. The summed E-state index contributed by atoms with van der Waals surface area (Å²) in [6.07, 6.45) is 2.97. The molecule has 0 aromatic heterocycles. The lowest BCUT2D eigenvalue weighted by Gasteiger charge is -2.38. The Labute approximate surface area is 131 Å². The van der Waals surface area contributed by atoms with Crippen LogP contribution in [-0.2, 0) is 21.2 Å². The predicted molar refractivity (Wildman–Crippen MR) is 83.1 cm³/mol. The van der Waals surface area contributed by atoms with Gasteiger partial charge in [-0.3, -0.25) is 0 Å². The van der Waals surface area contributed by atoms with Crippen LogP contribution in [0.4, 0.5) is 4.79 Å². The molecular formula is C16H21NO4S. The standard InChI is InChI=1S/C16H21NO4S/c18-16(21-11-12-5-2-1-3-6-12)17-13-9-14-7-4-8-15(10-13)22(14,19)20/h1-3,5-6,13-15H,4,7-11H2,(H,17,18). The zero-order valence-electron chi connectivity index (χ0n) is 12.4. The molecule has 2 heterocycles. The van der Waals surface area contributed by atoms with E-state index in [1.807, 2.05) is 30.3 Å². The maximum absolute atomic E-state index is 12.2. The molecule has 2 fully saturated rings. The van der Waals surface area contributed by atoms with Gasteiger partial charge in [-0.05, 0) is 31.2 Å². The van der Waals surface area contributed by atoms with E-state index in [0.717, 1.165) is 24.8 Å². The fourth-order valence-electron chi connectivity index (χ4n) is 3.46.